The van der Waals surface area contributed by atoms with Crippen molar-refractivity contribution in [2.75, 3.05) is 13.2 Å². The molecule has 88 valence electrons. The van der Waals surface area contributed by atoms with E-state index in [4.69, 9.17) is 5.11 Å². The summed E-state index contributed by atoms with van der Waals surface area (Å²) >= 11 is 0. The molecule has 0 radical (unpaired) electrons. The Hall–Kier alpha value is -0.860. The van der Waals surface area contributed by atoms with Crippen molar-refractivity contribution < 1.29 is 5.11 Å². The molecule has 0 aromatic heterocycles. The third kappa shape index (κ3) is 2.83. The van der Waals surface area contributed by atoms with Gasteiger partial charge in [-0.1, -0.05) is 29.8 Å². The van der Waals surface area contributed by atoms with Crippen molar-refractivity contribution in [3.05, 3.63) is 35.4 Å². The van der Waals surface area contributed by atoms with Gasteiger partial charge in [-0.25, -0.2) is 0 Å². The Balaban J connectivity index is 1.95. The predicted molar refractivity (Wildman–Crippen MR) is 66.3 cm³/mol. The molecule has 1 aliphatic rings. The predicted octanol–water partition coefficient (Wildman–Crippen LogP) is 2.34. The zero-order valence-electron chi connectivity index (χ0n) is 10.0. The maximum atomic E-state index is 9.02. The SMILES string of the molecule is Cc1ccc(CN2CCCC2CCO)cc1. The normalized spacial score (nSPS) is 21.5. The van der Waals surface area contributed by atoms with E-state index in [0.29, 0.717) is 12.6 Å². The number of hydrogen-bond acceptors (Lipinski definition) is 2. The van der Waals surface area contributed by atoms with Crippen molar-refractivity contribution in [2.45, 2.75) is 38.8 Å². The van der Waals surface area contributed by atoms with E-state index >= 15 is 0 Å². The van der Waals surface area contributed by atoms with E-state index in [1.807, 2.05) is 0 Å². The first-order valence-corrected chi connectivity index (χ1v) is 6.20. The summed E-state index contributed by atoms with van der Waals surface area (Å²) in [5.41, 5.74) is 2.70. The second-order valence-corrected chi connectivity index (χ2v) is 4.76. The molecule has 0 spiro atoms. The largest absolute Gasteiger partial charge is 0.396 e. The topological polar surface area (TPSA) is 23.5 Å². The van der Waals surface area contributed by atoms with Gasteiger partial charge in [0.25, 0.3) is 0 Å². The van der Waals surface area contributed by atoms with Crippen molar-refractivity contribution in [3.8, 4) is 0 Å². The second-order valence-electron chi connectivity index (χ2n) is 4.76. The van der Waals surface area contributed by atoms with Crippen molar-refractivity contribution in [3.63, 3.8) is 0 Å². The summed E-state index contributed by atoms with van der Waals surface area (Å²) in [4.78, 5) is 2.50. The van der Waals surface area contributed by atoms with Crippen LogP contribution in [0.1, 0.15) is 30.4 Å². The molecule has 1 unspecified atom stereocenters. The summed E-state index contributed by atoms with van der Waals surface area (Å²) < 4.78 is 0. The Labute approximate surface area is 97.9 Å². The molecule has 1 aliphatic heterocycles. The fraction of sp³-hybridized carbons (Fsp3) is 0.571. The molecule has 1 atom stereocenters. The summed E-state index contributed by atoms with van der Waals surface area (Å²) in [7, 11) is 0. The lowest BCUT2D eigenvalue weighted by molar-refractivity contribution is 0.190. The molecule has 2 nitrogen and oxygen atoms in total. The Morgan fingerprint density at radius 2 is 2.06 bits per heavy atom. The van der Waals surface area contributed by atoms with Crippen LogP contribution in [0.3, 0.4) is 0 Å². The van der Waals surface area contributed by atoms with Crippen LogP contribution in [0, 0.1) is 6.92 Å². The first-order valence-electron chi connectivity index (χ1n) is 6.20. The molecule has 0 aliphatic carbocycles. The minimum atomic E-state index is 0.315. The van der Waals surface area contributed by atoms with E-state index in [0.717, 1.165) is 13.0 Å². The Bertz CT molecular complexity index is 320. The molecule has 1 heterocycles. The molecule has 1 saturated heterocycles. The first-order chi connectivity index (χ1) is 7.79. The van der Waals surface area contributed by atoms with E-state index < -0.39 is 0 Å². The van der Waals surface area contributed by atoms with Crippen LogP contribution in [0.25, 0.3) is 0 Å². The van der Waals surface area contributed by atoms with E-state index in [-0.39, 0.29) is 0 Å². The monoisotopic (exact) mass is 219 g/mol. The van der Waals surface area contributed by atoms with Crippen LogP contribution in [0.4, 0.5) is 0 Å². The molecule has 0 saturated carbocycles. The van der Waals surface area contributed by atoms with Gasteiger partial charge < -0.3 is 5.11 Å². The lowest BCUT2D eigenvalue weighted by Gasteiger charge is -2.23. The van der Waals surface area contributed by atoms with Gasteiger partial charge >= 0.3 is 0 Å². The van der Waals surface area contributed by atoms with E-state index in [2.05, 4.69) is 36.1 Å². The third-order valence-corrected chi connectivity index (χ3v) is 3.47. The highest BCUT2D eigenvalue weighted by Gasteiger charge is 2.23. The number of aryl methyl sites for hydroxylation is 1. The highest BCUT2D eigenvalue weighted by molar-refractivity contribution is 5.21. The Morgan fingerprint density at radius 3 is 2.75 bits per heavy atom. The van der Waals surface area contributed by atoms with Crippen LogP contribution < -0.4 is 0 Å². The number of likely N-dealkylation sites (tertiary alicyclic amines) is 1. The van der Waals surface area contributed by atoms with Crippen molar-refractivity contribution >= 4 is 0 Å². The molecule has 1 N–H and O–H groups in total. The van der Waals surface area contributed by atoms with Gasteiger partial charge in [-0.15, -0.1) is 0 Å². The van der Waals surface area contributed by atoms with Crippen LogP contribution >= 0.6 is 0 Å². The van der Waals surface area contributed by atoms with Crippen LogP contribution in [0.5, 0.6) is 0 Å². The summed E-state index contributed by atoms with van der Waals surface area (Å²) in [6, 6.07) is 9.36. The van der Waals surface area contributed by atoms with E-state index in [1.165, 1.54) is 30.5 Å². The molecular weight excluding hydrogens is 198 g/mol. The lowest BCUT2D eigenvalue weighted by atomic mass is 10.1. The fourth-order valence-electron chi connectivity index (χ4n) is 2.51. The van der Waals surface area contributed by atoms with Gasteiger partial charge in [-0.2, -0.15) is 0 Å². The highest BCUT2D eigenvalue weighted by atomic mass is 16.3. The summed E-state index contributed by atoms with van der Waals surface area (Å²) in [6.07, 6.45) is 3.44. The van der Waals surface area contributed by atoms with Crippen LogP contribution in [0.2, 0.25) is 0 Å². The number of aliphatic hydroxyl groups is 1. The van der Waals surface area contributed by atoms with Crippen LogP contribution in [-0.2, 0) is 6.54 Å². The third-order valence-electron chi connectivity index (χ3n) is 3.47. The molecule has 2 heteroatoms. The van der Waals surface area contributed by atoms with Gasteiger partial charge in [-0.3, -0.25) is 4.90 Å². The quantitative estimate of drug-likeness (QED) is 0.840. The number of hydrogen-bond donors (Lipinski definition) is 1. The van der Waals surface area contributed by atoms with Crippen LogP contribution in [0.15, 0.2) is 24.3 Å². The average molecular weight is 219 g/mol. The smallest absolute Gasteiger partial charge is 0.0445 e. The van der Waals surface area contributed by atoms with Crippen LogP contribution in [-0.4, -0.2) is 29.2 Å². The molecule has 16 heavy (non-hydrogen) atoms. The van der Waals surface area contributed by atoms with Gasteiger partial charge in [0.1, 0.15) is 0 Å². The molecule has 0 bridgehead atoms. The summed E-state index contributed by atoms with van der Waals surface area (Å²) in [5.74, 6) is 0. The standard InChI is InChI=1S/C14H21NO/c1-12-4-6-13(7-5-12)11-15-9-2-3-14(15)8-10-16/h4-7,14,16H,2-3,8-11H2,1H3. The average Bonchev–Trinajstić information content (AvgIpc) is 2.70. The summed E-state index contributed by atoms with van der Waals surface area (Å²) in [5, 5.41) is 9.02. The van der Waals surface area contributed by atoms with E-state index in [1.54, 1.807) is 0 Å². The number of benzene rings is 1. The van der Waals surface area contributed by atoms with Gasteiger partial charge in [0.2, 0.25) is 0 Å². The minimum Gasteiger partial charge on any atom is -0.396 e. The Morgan fingerprint density at radius 1 is 1.31 bits per heavy atom. The van der Waals surface area contributed by atoms with Gasteiger partial charge in [0.05, 0.1) is 0 Å². The second kappa shape index (κ2) is 5.46. The zero-order chi connectivity index (χ0) is 11.4. The maximum Gasteiger partial charge on any atom is 0.0445 e. The maximum absolute atomic E-state index is 9.02. The summed E-state index contributed by atoms with van der Waals surface area (Å²) in [6.45, 7) is 4.65. The van der Waals surface area contributed by atoms with Gasteiger partial charge in [0.15, 0.2) is 0 Å². The van der Waals surface area contributed by atoms with Gasteiger partial charge in [0, 0.05) is 19.2 Å². The molecule has 2 rings (SSSR count). The molecule has 1 aromatic carbocycles. The molecule has 1 aromatic rings. The molecule has 0 amide bonds. The Kier molecular flexibility index (Phi) is 3.97. The number of aliphatic hydroxyl groups excluding tert-OH is 1. The van der Waals surface area contributed by atoms with Crippen molar-refractivity contribution in [2.24, 2.45) is 0 Å². The van der Waals surface area contributed by atoms with E-state index in [9.17, 15) is 0 Å². The van der Waals surface area contributed by atoms with Crippen molar-refractivity contribution in [1.82, 2.24) is 4.90 Å². The van der Waals surface area contributed by atoms with Gasteiger partial charge in [-0.05, 0) is 38.3 Å². The highest BCUT2D eigenvalue weighted by Crippen LogP contribution is 2.22. The molecular formula is C14H21NO. The first kappa shape index (κ1) is 11.6. The van der Waals surface area contributed by atoms with Crippen molar-refractivity contribution in [1.29, 1.82) is 0 Å². The lowest BCUT2D eigenvalue weighted by Crippen LogP contribution is -2.29. The zero-order valence-corrected chi connectivity index (χ0v) is 10.0. The molecule has 1 fully saturated rings. The number of nitrogens with zero attached hydrogens (tertiary/aromatic N) is 1. The minimum absolute atomic E-state index is 0.315. The fourth-order valence-corrected chi connectivity index (χ4v) is 2.51. The number of rotatable bonds is 4.